The van der Waals surface area contributed by atoms with Gasteiger partial charge in [-0.2, -0.15) is 4.98 Å². The Balaban J connectivity index is 2.55. The average molecular weight is 365 g/mol. The number of hydrogen-bond donors (Lipinski definition) is 1. The van der Waals surface area contributed by atoms with Gasteiger partial charge in [0, 0.05) is 14.1 Å². The third-order valence-electron chi connectivity index (χ3n) is 2.67. The smallest absolute Gasteiger partial charge is 0.244 e. The van der Waals surface area contributed by atoms with Gasteiger partial charge in [-0.1, -0.05) is 11.6 Å². The molecule has 0 radical (unpaired) electrons. The van der Waals surface area contributed by atoms with Crippen LogP contribution in [-0.4, -0.2) is 36.8 Å². The van der Waals surface area contributed by atoms with Crippen molar-refractivity contribution in [1.82, 2.24) is 14.3 Å². The molecule has 0 amide bonds. The standard InChI is InChI=1S/C12H11Cl2FN4O2S/c1-19(2)22(20,21)10-5-7(15)3-4-9(10)17-11-8(13)6-16-12(14)18-11/h3-6H,1-2H3,(H,16,17,18). The number of rotatable bonds is 4. The second-order valence-electron chi connectivity index (χ2n) is 4.39. The summed E-state index contributed by atoms with van der Waals surface area (Å²) in [5, 5.41) is 2.81. The molecule has 0 atom stereocenters. The number of nitrogens with one attached hydrogen (secondary N) is 1. The zero-order valence-corrected chi connectivity index (χ0v) is 13.8. The third-order valence-corrected chi connectivity index (χ3v) is 4.98. The number of halogens is 3. The number of benzene rings is 1. The molecule has 22 heavy (non-hydrogen) atoms. The summed E-state index contributed by atoms with van der Waals surface area (Å²) in [6, 6.07) is 3.31. The van der Waals surface area contributed by atoms with E-state index in [-0.39, 0.29) is 26.7 Å². The molecule has 0 aliphatic rings. The second-order valence-corrected chi connectivity index (χ2v) is 7.25. The van der Waals surface area contributed by atoms with Crippen molar-refractivity contribution in [2.24, 2.45) is 0 Å². The Morgan fingerprint density at radius 1 is 1.27 bits per heavy atom. The number of hydrogen-bond acceptors (Lipinski definition) is 5. The first-order valence-electron chi connectivity index (χ1n) is 5.89. The highest BCUT2D eigenvalue weighted by atomic mass is 35.5. The van der Waals surface area contributed by atoms with Crippen molar-refractivity contribution in [2.45, 2.75) is 4.90 Å². The lowest BCUT2D eigenvalue weighted by Crippen LogP contribution is -2.23. The van der Waals surface area contributed by atoms with Gasteiger partial charge in [0.2, 0.25) is 15.3 Å². The van der Waals surface area contributed by atoms with Crippen LogP contribution in [0.5, 0.6) is 0 Å². The monoisotopic (exact) mass is 364 g/mol. The van der Waals surface area contributed by atoms with Crippen molar-refractivity contribution in [2.75, 3.05) is 19.4 Å². The van der Waals surface area contributed by atoms with E-state index in [4.69, 9.17) is 23.2 Å². The van der Waals surface area contributed by atoms with Gasteiger partial charge in [0.1, 0.15) is 15.7 Å². The predicted molar refractivity (Wildman–Crippen MR) is 82.6 cm³/mol. The minimum Gasteiger partial charge on any atom is -0.338 e. The molecule has 10 heteroatoms. The normalized spacial score (nSPS) is 11.7. The Bertz CT molecular complexity index is 815. The fraction of sp³-hybridized carbons (Fsp3) is 0.167. The van der Waals surface area contributed by atoms with E-state index >= 15 is 0 Å². The van der Waals surface area contributed by atoms with Crippen LogP contribution in [0.25, 0.3) is 0 Å². The lowest BCUT2D eigenvalue weighted by atomic mass is 10.3. The van der Waals surface area contributed by atoms with E-state index in [1.807, 2.05) is 0 Å². The highest BCUT2D eigenvalue weighted by Crippen LogP contribution is 2.30. The van der Waals surface area contributed by atoms with Gasteiger partial charge in [0.05, 0.1) is 11.9 Å². The maximum atomic E-state index is 13.4. The van der Waals surface area contributed by atoms with Crippen LogP contribution in [0.15, 0.2) is 29.3 Å². The topological polar surface area (TPSA) is 75.2 Å². The van der Waals surface area contributed by atoms with E-state index < -0.39 is 15.8 Å². The summed E-state index contributed by atoms with van der Waals surface area (Å²) in [6.07, 6.45) is 1.27. The lowest BCUT2D eigenvalue weighted by Gasteiger charge is -2.16. The summed E-state index contributed by atoms with van der Waals surface area (Å²) in [6.45, 7) is 0. The van der Waals surface area contributed by atoms with Crippen molar-refractivity contribution < 1.29 is 12.8 Å². The van der Waals surface area contributed by atoms with Gasteiger partial charge >= 0.3 is 0 Å². The molecule has 2 rings (SSSR count). The third kappa shape index (κ3) is 3.46. The molecule has 1 N–H and O–H groups in total. The lowest BCUT2D eigenvalue weighted by molar-refractivity contribution is 0.519. The molecule has 0 aliphatic heterocycles. The molecule has 1 aromatic carbocycles. The number of sulfonamides is 1. The highest BCUT2D eigenvalue weighted by Gasteiger charge is 2.23. The van der Waals surface area contributed by atoms with Crippen molar-refractivity contribution in [3.8, 4) is 0 Å². The van der Waals surface area contributed by atoms with Gasteiger partial charge in [-0.05, 0) is 29.8 Å². The molecule has 0 fully saturated rings. The molecule has 0 unspecified atom stereocenters. The SMILES string of the molecule is CN(C)S(=O)(=O)c1cc(F)ccc1Nc1nc(Cl)ncc1Cl. The maximum Gasteiger partial charge on any atom is 0.244 e. The fourth-order valence-electron chi connectivity index (χ4n) is 1.57. The number of anilines is 2. The molecule has 1 heterocycles. The highest BCUT2D eigenvalue weighted by molar-refractivity contribution is 7.89. The van der Waals surface area contributed by atoms with Crippen LogP contribution >= 0.6 is 23.2 Å². The van der Waals surface area contributed by atoms with Crippen LogP contribution in [0, 0.1) is 5.82 Å². The van der Waals surface area contributed by atoms with Gasteiger partial charge in [-0.3, -0.25) is 0 Å². The van der Waals surface area contributed by atoms with Crippen LogP contribution in [0.3, 0.4) is 0 Å². The van der Waals surface area contributed by atoms with E-state index in [0.717, 1.165) is 16.4 Å². The van der Waals surface area contributed by atoms with Crippen LogP contribution < -0.4 is 5.32 Å². The molecule has 1 aromatic heterocycles. The molecule has 118 valence electrons. The largest absolute Gasteiger partial charge is 0.338 e. The molecule has 0 saturated heterocycles. The summed E-state index contributed by atoms with van der Waals surface area (Å²) in [5.74, 6) is -0.568. The summed E-state index contributed by atoms with van der Waals surface area (Å²) in [5.41, 5.74) is 0.117. The maximum absolute atomic E-state index is 13.4. The Hall–Kier alpha value is -1.48. The van der Waals surface area contributed by atoms with Crippen molar-refractivity contribution in [1.29, 1.82) is 0 Å². The molecule has 0 saturated carbocycles. The first kappa shape index (κ1) is 16.9. The quantitative estimate of drug-likeness (QED) is 0.844. The zero-order valence-electron chi connectivity index (χ0n) is 11.5. The van der Waals surface area contributed by atoms with Crippen LogP contribution in [0.1, 0.15) is 0 Å². The molecule has 0 bridgehead atoms. The second kappa shape index (κ2) is 6.33. The van der Waals surface area contributed by atoms with Gasteiger partial charge in [0.25, 0.3) is 0 Å². The zero-order chi connectivity index (χ0) is 16.5. The minimum absolute atomic E-state index is 0.0639. The molecular weight excluding hydrogens is 354 g/mol. The van der Waals surface area contributed by atoms with E-state index in [2.05, 4.69) is 15.3 Å². The number of aromatic nitrogens is 2. The molecule has 2 aromatic rings. The van der Waals surface area contributed by atoms with Crippen molar-refractivity contribution in [3.05, 3.63) is 40.5 Å². The van der Waals surface area contributed by atoms with Crippen LogP contribution in [0.4, 0.5) is 15.9 Å². The molecular formula is C12H11Cl2FN4O2S. The van der Waals surface area contributed by atoms with Crippen molar-refractivity contribution >= 4 is 44.7 Å². The average Bonchev–Trinajstić information content (AvgIpc) is 2.44. The Labute approximate surface area is 137 Å². The van der Waals surface area contributed by atoms with E-state index in [1.54, 1.807) is 0 Å². The van der Waals surface area contributed by atoms with Crippen LogP contribution in [-0.2, 0) is 10.0 Å². The fourth-order valence-corrected chi connectivity index (χ4v) is 2.89. The first-order chi connectivity index (χ1) is 10.2. The molecule has 0 spiro atoms. The van der Waals surface area contributed by atoms with E-state index in [0.29, 0.717) is 0 Å². The predicted octanol–water partition coefficient (Wildman–Crippen LogP) is 2.92. The van der Waals surface area contributed by atoms with E-state index in [9.17, 15) is 12.8 Å². The summed E-state index contributed by atoms with van der Waals surface area (Å²) >= 11 is 11.6. The van der Waals surface area contributed by atoms with Crippen LogP contribution in [0.2, 0.25) is 10.3 Å². The number of nitrogens with zero attached hydrogens (tertiary/aromatic N) is 3. The van der Waals surface area contributed by atoms with Gasteiger partial charge in [-0.15, -0.1) is 0 Å². The Kier molecular flexibility index (Phi) is 4.86. The summed E-state index contributed by atoms with van der Waals surface area (Å²) < 4.78 is 39.0. The Morgan fingerprint density at radius 2 is 1.95 bits per heavy atom. The van der Waals surface area contributed by atoms with Gasteiger partial charge < -0.3 is 5.32 Å². The summed E-state index contributed by atoms with van der Waals surface area (Å²) in [7, 11) is -1.17. The molecule has 6 nitrogen and oxygen atoms in total. The van der Waals surface area contributed by atoms with Gasteiger partial charge in [0.15, 0.2) is 5.82 Å². The first-order valence-corrected chi connectivity index (χ1v) is 8.08. The Morgan fingerprint density at radius 3 is 2.59 bits per heavy atom. The molecule has 0 aliphatic carbocycles. The minimum atomic E-state index is -3.86. The van der Waals surface area contributed by atoms with Gasteiger partial charge in [-0.25, -0.2) is 22.1 Å². The summed E-state index contributed by atoms with van der Waals surface area (Å²) in [4.78, 5) is 7.31. The van der Waals surface area contributed by atoms with Crippen molar-refractivity contribution in [3.63, 3.8) is 0 Å². The van der Waals surface area contributed by atoms with E-state index in [1.165, 1.54) is 26.4 Å².